The molecule has 0 atom stereocenters. The number of nitrogens with two attached hydrogens (primary N) is 2. The summed E-state index contributed by atoms with van der Waals surface area (Å²) in [5, 5.41) is -0.0116. The van der Waals surface area contributed by atoms with Gasteiger partial charge in [-0.3, -0.25) is 4.79 Å². The number of anilines is 1. The Kier molecular flexibility index (Phi) is 3.76. The van der Waals surface area contributed by atoms with Crippen LogP contribution in [0.1, 0.15) is 10.4 Å². The molecule has 0 aliphatic rings. The summed E-state index contributed by atoms with van der Waals surface area (Å²) < 4.78 is 31.6. The predicted molar refractivity (Wildman–Crippen MR) is 70.8 cm³/mol. The standard InChI is InChI=1S/C13H9ClF2N2O2/c14-9-5-7(17)4-8(13(18)19)12(9)20-11-2-1-6(15)3-10(11)16/h1-5H,17H2,(H2,18,19). The van der Waals surface area contributed by atoms with E-state index in [0.29, 0.717) is 6.07 Å². The third kappa shape index (κ3) is 2.80. The van der Waals surface area contributed by atoms with Crippen molar-refractivity contribution in [3.63, 3.8) is 0 Å². The summed E-state index contributed by atoms with van der Waals surface area (Å²) in [6.45, 7) is 0. The molecule has 0 bridgehead atoms. The summed E-state index contributed by atoms with van der Waals surface area (Å²) in [7, 11) is 0. The number of benzene rings is 2. The van der Waals surface area contributed by atoms with E-state index < -0.39 is 17.5 Å². The van der Waals surface area contributed by atoms with Crippen LogP contribution < -0.4 is 16.2 Å². The van der Waals surface area contributed by atoms with E-state index >= 15 is 0 Å². The van der Waals surface area contributed by atoms with Crippen LogP contribution in [0.15, 0.2) is 30.3 Å². The molecule has 20 heavy (non-hydrogen) atoms. The number of primary amides is 1. The van der Waals surface area contributed by atoms with Crippen molar-refractivity contribution in [3.8, 4) is 11.5 Å². The second-order valence-corrected chi connectivity index (χ2v) is 4.33. The zero-order valence-corrected chi connectivity index (χ0v) is 10.7. The van der Waals surface area contributed by atoms with E-state index in [0.717, 1.165) is 12.1 Å². The minimum absolute atomic E-state index is 0.0116. The smallest absolute Gasteiger partial charge is 0.252 e. The lowest BCUT2D eigenvalue weighted by Crippen LogP contribution is -2.13. The first-order valence-corrected chi connectivity index (χ1v) is 5.78. The molecule has 0 fully saturated rings. The Morgan fingerprint density at radius 1 is 1.20 bits per heavy atom. The van der Waals surface area contributed by atoms with Gasteiger partial charge in [0.05, 0.1) is 10.6 Å². The second kappa shape index (κ2) is 5.34. The van der Waals surface area contributed by atoms with Crippen LogP contribution in [0.25, 0.3) is 0 Å². The van der Waals surface area contributed by atoms with Crippen LogP contribution in [0.4, 0.5) is 14.5 Å². The van der Waals surface area contributed by atoms with E-state index in [1.165, 1.54) is 12.1 Å². The number of nitrogen functional groups attached to an aromatic ring is 1. The first-order chi connectivity index (χ1) is 9.38. The Hall–Kier alpha value is -2.34. The molecular weight excluding hydrogens is 290 g/mol. The van der Waals surface area contributed by atoms with Crippen molar-refractivity contribution >= 4 is 23.2 Å². The van der Waals surface area contributed by atoms with Crippen LogP contribution >= 0.6 is 11.6 Å². The van der Waals surface area contributed by atoms with Crippen LogP contribution in [0.2, 0.25) is 5.02 Å². The maximum absolute atomic E-state index is 13.5. The normalized spacial score (nSPS) is 10.3. The molecule has 0 unspecified atom stereocenters. The first kappa shape index (κ1) is 14.1. The van der Waals surface area contributed by atoms with Crippen LogP contribution in [-0.2, 0) is 0 Å². The highest BCUT2D eigenvalue weighted by atomic mass is 35.5. The number of halogens is 3. The van der Waals surface area contributed by atoms with Gasteiger partial charge in [-0.2, -0.15) is 0 Å². The van der Waals surface area contributed by atoms with Crippen molar-refractivity contribution in [3.05, 3.63) is 52.6 Å². The van der Waals surface area contributed by atoms with Gasteiger partial charge in [-0.15, -0.1) is 0 Å². The fraction of sp³-hybridized carbons (Fsp3) is 0. The van der Waals surface area contributed by atoms with Gasteiger partial charge in [0.25, 0.3) is 5.91 Å². The van der Waals surface area contributed by atoms with E-state index in [4.69, 9.17) is 27.8 Å². The summed E-state index contributed by atoms with van der Waals surface area (Å²) in [5.41, 5.74) is 10.8. The van der Waals surface area contributed by atoms with Gasteiger partial charge in [0.15, 0.2) is 17.3 Å². The molecule has 2 rings (SSSR count). The van der Waals surface area contributed by atoms with Crippen molar-refractivity contribution in [1.82, 2.24) is 0 Å². The Balaban J connectivity index is 2.50. The highest BCUT2D eigenvalue weighted by molar-refractivity contribution is 6.33. The van der Waals surface area contributed by atoms with Crippen molar-refractivity contribution < 1.29 is 18.3 Å². The molecule has 0 aromatic heterocycles. The van der Waals surface area contributed by atoms with E-state index in [1.54, 1.807) is 0 Å². The average Bonchev–Trinajstić information content (AvgIpc) is 2.34. The second-order valence-electron chi connectivity index (χ2n) is 3.92. The summed E-state index contributed by atoms with van der Waals surface area (Å²) in [5.74, 6) is -2.96. The lowest BCUT2D eigenvalue weighted by molar-refractivity contribution is 0.0998. The Morgan fingerprint density at radius 2 is 1.90 bits per heavy atom. The molecule has 4 nitrogen and oxygen atoms in total. The topological polar surface area (TPSA) is 78.3 Å². The highest BCUT2D eigenvalue weighted by Crippen LogP contribution is 2.35. The summed E-state index contributed by atoms with van der Waals surface area (Å²) in [6, 6.07) is 5.30. The largest absolute Gasteiger partial charge is 0.452 e. The van der Waals surface area contributed by atoms with Gasteiger partial charge >= 0.3 is 0 Å². The molecule has 0 aliphatic heterocycles. The maximum atomic E-state index is 13.5. The van der Waals surface area contributed by atoms with Gasteiger partial charge in [-0.1, -0.05) is 11.6 Å². The zero-order chi connectivity index (χ0) is 14.9. The molecule has 0 radical (unpaired) electrons. The third-order valence-electron chi connectivity index (χ3n) is 2.44. The molecule has 0 saturated carbocycles. The Labute approximate surface area is 117 Å². The molecule has 104 valence electrons. The minimum atomic E-state index is -0.937. The Bertz CT molecular complexity index is 692. The molecular formula is C13H9ClF2N2O2. The molecule has 0 heterocycles. The molecule has 0 aliphatic carbocycles. The van der Waals surface area contributed by atoms with E-state index in [1.807, 2.05) is 0 Å². The third-order valence-corrected chi connectivity index (χ3v) is 2.72. The maximum Gasteiger partial charge on any atom is 0.252 e. The molecule has 0 saturated heterocycles. The molecule has 7 heteroatoms. The predicted octanol–water partition coefficient (Wildman–Crippen LogP) is 3.09. The van der Waals surface area contributed by atoms with Gasteiger partial charge in [0.1, 0.15) is 5.82 Å². The fourth-order valence-electron chi connectivity index (χ4n) is 1.57. The van der Waals surface area contributed by atoms with Gasteiger partial charge in [0.2, 0.25) is 0 Å². The molecule has 4 N–H and O–H groups in total. The van der Waals surface area contributed by atoms with E-state index in [9.17, 15) is 13.6 Å². The molecule has 1 amide bonds. The number of rotatable bonds is 3. The van der Waals surface area contributed by atoms with Gasteiger partial charge in [-0.25, -0.2) is 8.78 Å². The van der Waals surface area contributed by atoms with Gasteiger partial charge in [0, 0.05) is 11.8 Å². The quantitative estimate of drug-likeness (QED) is 0.855. The number of hydrogen-bond donors (Lipinski definition) is 2. The number of carbonyl (C=O) groups is 1. The summed E-state index contributed by atoms with van der Waals surface area (Å²) in [4.78, 5) is 11.3. The van der Waals surface area contributed by atoms with Crippen molar-refractivity contribution in [2.75, 3.05) is 5.73 Å². The molecule has 2 aromatic rings. The molecule has 2 aromatic carbocycles. The van der Waals surface area contributed by atoms with Gasteiger partial charge in [-0.05, 0) is 24.3 Å². The van der Waals surface area contributed by atoms with Crippen molar-refractivity contribution in [2.45, 2.75) is 0 Å². The number of carbonyl (C=O) groups excluding carboxylic acids is 1. The summed E-state index contributed by atoms with van der Waals surface area (Å²) >= 11 is 5.90. The average molecular weight is 299 g/mol. The van der Waals surface area contributed by atoms with E-state index in [-0.39, 0.29) is 27.8 Å². The zero-order valence-electron chi connectivity index (χ0n) is 9.99. The number of amides is 1. The van der Waals surface area contributed by atoms with Crippen molar-refractivity contribution in [2.24, 2.45) is 5.73 Å². The lowest BCUT2D eigenvalue weighted by Gasteiger charge is -2.12. The van der Waals surface area contributed by atoms with Crippen LogP contribution in [-0.4, -0.2) is 5.91 Å². The first-order valence-electron chi connectivity index (χ1n) is 5.40. The highest BCUT2D eigenvalue weighted by Gasteiger charge is 2.17. The monoisotopic (exact) mass is 298 g/mol. The molecule has 0 spiro atoms. The van der Waals surface area contributed by atoms with Gasteiger partial charge < -0.3 is 16.2 Å². The lowest BCUT2D eigenvalue weighted by atomic mass is 10.1. The van der Waals surface area contributed by atoms with Crippen LogP contribution in [0.3, 0.4) is 0 Å². The fourth-order valence-corrected chi connectivity index (χ4v) is 1.84. The summed E-state index contributed by atoms with van der Waals surface area (Å²) in [6.07, 6.45) is 0. The number of ether oxygens (including phenoxy) is 1. The van der Waals surface area contributed by atoms with Crippen LogP contribution in [0.5, 0.6) is 11.5 Å². The minimum Gasteiger partial charge on any atom is -0.452 e. The van der Waals surface area contributed by atoms with Crippen LogP contribution in [0, 0.1) is 11.6 Å². The van der Waals surface area contributed by atoms with Crippen molar-refractivity contribution in [1.29, 1.82) is 0 Å². The Morgan fingerprint density at radius 3 is 2.50 bits per heavy atom. The number of hydrogen-bond acceptors (Lipinski definition) is 3. The SMILES string of the molecule is NC(=O)c1cc(N)cc(Cl)c1Oc1ccc(F)cc1F. The van der Waals surface area contributed by atoms with E-state index in [2.05, 4.69) is 0 Å².